The molecule has 0 aliphatic carbocycles. The molecular weight excluding hydrogens is 134 g/mol. The highest BCUT2D eigenvalue weighted by Crippen LogP contribution is 1.75. The smallest absolute Gasteiger partial charge is 0.284 e. The van der Waals surface area contributed by atoms with Crippen LogP contribution < -0.4 is 5.32 Å². The summed E-state index contributed by atoms with van der Waals surface area (Å²) in [6.07, 6.45) is 0.989. The molecular formula is C6H11NO3. The highest BCUT2D eigenvalue weighted by Gasteiger charge is 1.93. The van der Waals surface area contributed by atoms with Crippen LogP contribution in [0.1, 0.15) is 6.42 Å². The van der Waals surface area contributed by atoms with E-state index >= 15 is 0 Å². The second-order valence-corrected chi connectivity index (χ2v) is 1.76. The highest BCUT2D eigenvalue weighted by atomic mass is 16.5. The molecule has 58 valence electrons. The minimum Gasteiger partial charge on any atom is -0.385 e. The van der Waals surface area contributed by atoms with E-state index in [2.05, 4.69) is 5.32 Å². The molecule has 10 heavy (non-hydrogen) atoms. The van der Waals surface area contributed by atoms with E-state index in [0.717, 1.165) is 6.42 Å². The first-order valence-corrected chi connectivity index (χ1v) is 3.03. The molecule has 0 spiro atoms. The molecule has 0 aromatic heterocycles. The number of nitrogens with one attached hydrogen (secondary N) is 1. The number of carbonyl (C=O) groups is 2. The van der Waals surface area contributed by atoms with Crippen LogP contribution >= 0.6 is 0 Å². The average Bonchev–Trinajstić information content (AvgIpc) is 1.98. The molecule has 1 amide bonds. The van der Waals surface area contributed by atoms with Crippen molar-refractivity contribution in [3.8, 4) is 0 Å². The predicted molar refractivity (Wildman–Crippen MR) is 35.6 cm³/mol. The Labute approximate surface area is 59.6 Å². The van der Waals surface area contributed by atoms with Crippen LogP contribution in [-0.2, 0) is 14.3 Å². The minimum absolute atomic E-state index is 0.257. The van der Waals surface area contributed by atoms with E-state index in [9.17, 15) is 9.59 Å². The number of amides is 1. The summed E-state index contributed by atoms with van der Waals surface area (Å²) < 4.78 is 4.72. The Morgan fingerprint density at radius 3 is 2.90 bits per heavy atom. The van der Waals surface area contributed by atoms with Gasteiger partial charge in [0.2, 0.25) is 6.29 Å². The van der Waals surface area contributed by atoms with Gasteiger partial charge in [0.25, 0.3) is 5.91 Å². The van der Waals surface area contributed by atoms with E-state index in [1.807, 2.05) is 0 Å². The van der Waals surface area contributed by atoms with Crippen molar-refractivity contribution in [1.29, 1.82) is 0 Å². The Morgan fingerprint density at radius 1 is 1.70 bits per heavy atom. The molecule has 1 N–H and O–H groups in total. The molecule has 4 nitrogen and oxygen atoms in total. The van der Waals surface area contributed by atoms with Gasteiger partial charge in [0.15, 0.2) is 0 Å². The van der Waals surface area contributed by atoms with Crippen LogP contribution in [0.15, 0.2) is 0 Å². The summed E-state index contributed by atoms with van der Waals surface area (Å²) in [7, 11) is 1.58. The van der Waals surface area contributed by atoms with Crippen molar-refractivity contribution in [3.05, 3.63) is 0 Å². The van der Waals surface area contributed by atoms with Crippen LogP contribution in [0.5, 0.6) is 0 Å². The number of methoxy groups -OCH3 is 1. The van der Waals surface area contributed by atoms with Crippen molar-refractivity contribution in [2.45, 2.75) is 6.42 Å². The molecule has 0 heterocycles. The van der Waals surface area contributed by atoms with E-state index < -0.39 is 5.91 Å². The second kappa shape index (κ2) is 6.22. The van der Waals surface area contributed by atoms with Gasteiger partial charge in [-0.1, -0.05) is 0 Å². The SMILES string of the molecule is COCCCNC(=O)C=O. The lowest BCUT2D eigenvalue weighted by Crippen LogP contribution is -2.25. The van der Waals surface area contributed by atoms with Crippen molar-refractivity contribution in [2.24, 2.45) is 0 Å². The Balaban J connectivity index is 3.03. The number of hydrogen-bond donors (Lipinski definition) is 1. The summed E-state index contributed by atoms with van der Waals surface area (Å²) in [5, 5.41) is 2.38. The molecule has 0 aromatic rings. The molecule has 0 saturated heterocycles. The maximum atomic E-state index is 10.3. The van der Waals surface area contributed by atoms with E-state index in [1.165, 1.54) is 0 Å². The molecule has 0 aliphatic rings. The summed E-state index contributed by atoms with van der Waals surface area (Å²) in [6.45, 7) is 1.09. The first kappa shape index (κ1) is 9.10. The van der Waals surface area contributed by atoms with Crippen LogP contribution in [0.4, 0.5) is 0 Å². The van der Waals surface area contributed by atoms with Gasteiger partial charge in [0, 0.05) is 20.3 Å². The molecule has 0 radical (unpaired) electrons. The predicted octanol–water partition coefficient (Wildman–Crippen LogP) is -0.662. The number of hydrogen-bond acceptors (Lipinski definition) is 3. The fourth-order valence-electron chi connectivity index (χ4n) is 0.470. The fourth-order valence-corrected chi connectivity index (χ4v) is 0.470. The average molecular weight is 145 g/mol. The summed E-state index contributed by atoms with van der Waals surface area (Å²) in [5.41, 5.74) is 0. The first-order chi connectivity index (χ1) is 4.81. The summed E-state index contributed by atoms with van der Waals surface area (Å²) in [4.78, 5) is 20.0. The Hall–Kier alpha value is -0.900. The number of carbonyl (C=O) groups excluding carboxylic acids is 2. The van der Waals surface area contributed by atoms with Gasteiger partial charge in [-0.3, -0.25) is 9.59 Å². The Kier molecular flexibility index (Phi) is 5.66. The lowest BCUT2D eigenvalue weighted by atomic mass is 10.4. The second-order valence-electron chi connectivity index (χ2n) is 1.76. The fraction of sp³-hybridized carbons (Fsp3) is 0.667. The lowest BCUT2D eigenvalue weighted by Gasteiger charge is -1.98. The van der Waals surface area contributed by atoms with Gasteiger partial charge in [0.05, 0.1) is 0 Å². The van der Waals surface area contributed by atoms with Gasteiger partial charge in [-0.25, -0.2) is 0 Å². The van der Waals surface area contributed by atoms with Crippen LogP contribution in [-0.4, -0.2) is 32.5 Å². The van der Waals surface area contributed by atoms with E-state index in [4.69, 9.17) is 4.74 Å². The molecule has 0 unspecified atom stereocenters. The summed E-state index contributed by atoms with van der Waals surface area (Å²) >= 11 is 0. The van der Waals surface area contributed by atoms with Gasteiger partial charge in [-0.2, -0.15) is 0 Å². The third-order valence-corrected chi connectivity index (χ3v) is 0.932. The van der Waals surface area contributed by atoms with Crippen molar-refractivity contribution in [3.63, 3.8) is 0 Å². The third-order valence-electron chi connectivity index (χ3n) is 0.932. The molecule has 0 bridgehead atoms. The summed E-state index contributed by atoms with van der Waals surface area (Å²) in [5.74, 6) is -0.573. The van der Waals surface area contributed by atoms with E-state index in [0.29, 0.717) is 13.2 Å². The van der Waals surface area contributed by atoms with Gasteiger partial charge in [-0.15, -0.1) is 0 Å². The monoisotopic (exact) mass is 145 g/mol. The minimum atomic E-state index is -0.573. The first-order valence-electron chi connectivity index (χ1n) is 3.03. The Morgan fingerprint density at radius 2 is 2.40 bits per heavy atom. The zero-order valence-corrected chi connectivity index (χ0v) is 5.92. The molecule has 0 saturated carbocycles. The molecule has 0 aromatic carbocycles. The molecule has 0 atom stereocenters. The third kappa shape index (κ3) is 5.24. The van der Waals surface area contributed by atoms with Gasteiger partial charge in [0.1, 0.15) is 0 Å². The van der Waals surface area contributed by atoms with Crippen LogP contribution in [0.25, 0.3) is 0 Å². The van der Waals surface area contributed by atoms with Crippen LogP contribution in [0.2, 0.25) is 0 Å². The lowest BCUT2D eigenvalue weighted by molar-refractivity contribution is -0.131. The van der Waals surface area contributed by atoms with Crippen LogP contribution in [0.3, 0.4) is 0 Å². The number of rotatable bonds is 5. The zero-order valence-electron chi connectivity index (χ0n) is 5.92. The maximum Gasteiger partial charge on any atom is 0.284 e. The van der Waals surface area contributed by atoms with Crippen LogP contribution in [0, 0.1) is 0 Å². The molecule has 4 heteroatoms. The quantitative estimate of drug-likeness (QED) is 0.317. The van der Waals surface area contributed by atoms with E-state index in [1.54, 1.807) is 7.11 Å². The topological polar surface area (TPSA) is 55.4 Å². The molecule has 0 rings (SSSR count). The summed E-state index contributed by atoms with van der Waals surface area (Å²) in [6, 6.07) is 0. The van der Waals surface area contributed by atoms with Gasteiger partial charge in [-0.05, 0) is 6.42 Å². The largest absolute Gasteiger partial charge is 0.385 e. The van der Waals surface area contributed by atoms with Gasteiger partial charge >= 0.3 is 0 Å². The standard InChI is InChI=1S/C6H11NO3/c1-10-4-2-3-7-6(9)5-8/h5H,2-4H2,1H3,(H,7,9). The number of aldehydes is 1. The molecule has 0 fully saturated rings. The highest BCUT2D eigenvalue weighted by molar-refractivity contribution is 6.23. The van der Waals surface area contributed by atoms with E-state index in [-0.39, 0.29) is 6.29 Å². The van der Waals surface area contributed by atoms with Crippen molar-refractivity contribution in [1.82, 2.24) is 5.32 Å². The molecule has 0 aliphatic heterocycles. The maximum absolute atomic E-state index is 10.3. The van der Waals surface area contributed by atoms with Crippen molar-refractivity contribution in [2.75, 3.05) is 20.3 Å². The van der Waals surface area contributed by atoms with Crippen molar-refractivity contribution >= 4 is 12.2 Å². The Bertz CT molecular complexity index is 114. The van der Waals surface area contributed by atoms with Crippen molar-refractivity contribution < 1.29 is 14.3 Å². The zero-order chi connectivity index (χ0) is 7.82. The normalized spacial score (nSPS) is 8.90. The van der Waals surface area contributed by atoms with Gasteiger partial charge < -0.3 is 10.1 Å². The number of ether oxygens (including phenoxy) is 1.